The first kappa shape index (κ1) is 18.9. The SMILES string of the molecule is CC(C)c1nn2ccccc2c1-c1ccnc(NC(=O)c2cccc3cccnc23)n1. The van der Waals surface area contributed by atoms with Crippen molar-refractivity contribution in [2.45, 2.75) is 19.8 Å². The largest absolute Gasteiger partial charge is 0.290 e. The molecular formula is C24H20N6O. The number of fused-ring (bicyclic) bond motifs is 2. The summed E-state index contributed by atoms with van der Waals surface area (Å²) in [6.45, 7) is 4.20. The molecule has 0 bridgehead atoms. The van der Waals surface area contributed by atoms with Gasteiger partial charge in [-0.2, -0.15) is 5.10 Å². The van der Waals surface area contributed by atoms with Crippen molar-refractivity contribution in [2.75, 3.05) is 5.32 Å². The van der Waals surface area contributed by atoms with Gasteiger partial charge in [-0.15, -0.1) is 0 Å². The van der Waals surface area contributed by atoms with Crippen molar-refractivity contribution in [1.82, 2.24) is 24.6 Å². The average Bonchev–Trinajstić information content (AvgIpc) is 3.19. The normalized spacial score (nSPS) is 11.3. The van der Waals surface area contributed by atoms with E-state index in [-0.39, 0.29) is 17.8 Å². The van der Waals surface area contributed by atoms with Crippen LogP contribution in [0.5, 0.6) is 0 Å². The third-order valence-corrected chi connectivity index (χ3v) is 5.13. The van der Waals surface area contributed by atoms with Crippen LogP contribution in [0.25, 0.3) is 27.7 Å². The number of anilines is 1. The van der Waals surface area contributed by atoms with Crippen LogP contribution in [0.2, 0.25) is 0 Å². The van der Waals surface area contributed by atoms with E-state index in [4.69, 9.17) is 5.10 Å². The van der Waals surface area contributed by atoms with Crippen molar-refractivity contribution >= 4 is 28.3 Å². The molecule has 0 unspecified atom stereocenters. The number of pyridine rings is 2. The fraction of sp³-hybridized carbons (Fsp3) is 0.125. The molecule has 0 saturated carbocycles. The highest BCUT2D eigenvalue weighted by Crippen LogP contribution is 2.31. The minimum Gasteiger partial charge on any atom is -0.290 e. The highest BCUT2D eigenvalue weighted by Gasteiger charge is 2.19. The van der Waals surface area contributed by atoms with Crippen LogP contribution in [-0.4, -0.2) is 30.5 Å². The van der Waals surface area contributed by atoms with E-state index in [1.807, 2.05) is 59.2 Å². The van der Waals surface area contributed by atoms with Gasteiger partial charge < -0.3 is 0 Å². The first-order valence-electron chi connectivity index (χ1n) is 10.1. The van der Waals surface area contributed by atoms with E-state index in [2.05, 4.69) is 34.1 Å². The Morgan fingerprint density at radius 2 is 1.84 bits per heavy atom. The first-order valence-corrected chi connectivity index (χ1v) is 10.1. The lowest BCUT2D eigenvalue weighted by Gasteiger charge is -2.09. The molecule has 0 aliphatic carbocycles. The lowest BCUT2D eigenvalue weighted by atomic mass is 10.0. The Hall–Kier alpha value is -4.13. The summed E-state index contributed by atoms with van der Waals surface area (Å²) in [6.07, 6.45) is 5.24. The van der Waals surface area contributed by atoms with E-state index in [0.717, 1.165) is 22.2 Å². The van der Waals surface area contributed by atoms with Crippen molar-refractivity contribution in [3.8, 4) is 11.3 Å². The maximum absolute atomic E-state index is 13.0. The van der Waals surface area contributed by atoms with E-state index < -0.39 is 0 Å². The smallest absolute Gasteiger partial charge is 0.260 e. The Morgan fingerprint density at radius 1 is 0.968 bits per heavy atom. The summed E-state index contributed by atoms with van der Waals surface area (Å²) < 4.78 is 1.85. The van der Waals surface area contributed by atoms with Crippen LogP contribution in [-0.2, 0) is 0 Å². The van der Waals surface area contributed by atoms with Gasteiger partial charge in [-0.1, -0.05) is 38.1 Å². The molecule has 0 aliphatic heterocycles. The lowest BCUT2D eigenvalue weighted by Crippen LogP contribution is -2.15. The third kappa shape index (κ3) is 3.40. The number of aromatic nitrogens is 5. The van der Waals surface area contributed by atoms with Gasteiger partial charge in [0.05, 0.1) is 28.0 Å². The summed E-state index contributed by atoms with van der Waals surface area (Å²) in [6, 6.07) is 17.0. The van der Waals surface area contributed by atoms with Crippen LogP contribution in [0.3, 0.4) is 0 Å². The molecule has 0 spiro atoms. The number of hydrogen-bond donors (Lipinski definition) is 1. The molecule has 7 heteroatoms. The number of para-hydroxylation sites is 1. The van der Waals surface area contributed by atoms with Gasteiger partial charge in [0.15, 0.2) is 0 Å². The average molecular weight is 408 g/mol. The van der Waals surface area contributed by atoms with Crippen molar-refractivity contribution in [2.24, 2.45) is 0 Å². The number of nitrogens with one attached hydrogen (secondary N) is 1. The fourth-order valence-corrected chi connectivity index (χ4v) is 3.70. The van der Waals surface area contributed by atoms with Gasteiger partial charge in [-0.25, -0.2) is 14.5 Å². The molecule has 0 aliphatic rings. The second-order valence-corrected chi connectivity index (χ2v) is 7.55. The summed E-state index contributed by atoms with van der Waals surface area (Å²) >= 11 is 0. The van der Waals surface area contributed by atoms with Crippen molar-refractivity contribution in [3.63, 3.8) is 0 Å². The van der Waals surface area contributed by atoms with Crippen LogP contribution in [0.1, 0.15) is 35.8 Å². The molecule has 1 amide bonds. The maximum Gasteiger partial charge on any atom is 0.260 e. The van der Waals surface area contributed by atoms with Crippen LogP contribution in [0.4, 0.5) is 5.95 Å². The second kappa shape index (κ2) is 7.60. The number of carbonyl (C=O) groups is 1. The van der Waals surface area contributed by atoms with Gasteiger partial charge in [-0.3, -0.25) is 15.1 Å². The molecule has 0 atom stereocenters. The molecule has 7 nitrogen and oxygen atoms in total. The maximum atomic E-state index is 13.0. The molecule has 31 heavy (non-hydrogen) atoms. The van der Waals surface area contributed by atoms with Gasteiger partial charge in [-0.05, 0) is 36.2 Å². The van der Waals surface area contributed by atoms with Gasteiger partial charge in [0.25, 0.3) is 5.91 Å². The molecule has 0 fully saturated rings. The predicted molar refractivity (Wildman–Crippen MR) is 120 cm³/mol. The summed E-state index contributed by atoms with van der Waals surface area (Å²) in [5, 5.41) is 8.44. The van der Waals surface area contributed by atoms with Gasteiger partial charge in [0.1, 0.15) is 0 Å². The molecule has 1 aromatic carbocycles. The minimum absolute atomic E-state index is 0.213. The fourth-order valence-electron chi connectivity index (χ4n) is 3.70. The predicted octanol–water partition coefficient (Wildman–Crippen LogP) is 4.72. The zero-order valence-electron chi connectivity index (χ0n) is 17.1. The Kier molecular flexibility index (Phi) is 4.63. The van der Waals surface area contributed by atoms with E-state index in [1.165, 1.54) is 0 Å². The monoisotopic (exact) mass is 408 g/mol. The first-order chi connectivity index (χ1) is 15.1. The van der Waals surface area contributed by atoms with E-state index >= 15 is 0 Å². The number of hydrogen-bond acceptors (Lipinski definition) is 5. The molecule has 0 radical (unpaired) electrons. The van der Waals surface area contributed by atoms with Crippen LogP contribution in [0.15, 0.2) is 73.2 Å². The Balaban J connectivity index is 1.54. The summed E-state index contributed by atoms with van der Waals surface area (Å²) in [7, 11) is 0. The van der Waals surface area contributed by atoms with E-state index in [1.54, 1.807) is 18.5 Å². The van der Waals surface area contributed by atoms with Gasteiger partial charge in [0, 0.05) is 29.5 Å². The second-order valence-electron chi connectivity index (χ2n) is 7.55. The number of carbonyl (C=O) groups excluding carboxylic acids is 1. The highest BCUT2D eigenvalue weighted by molar-refractivity contribution is 6.11. The van der Waals surface area contributed by atoms with Gasteiger partial charge in [0.2, 0.25) is 5.95 Å². The molecule has 4 heterocycles. The van der Waals surface area contributed by atoms with E-state index in [0.29, 0.717) is 16.8 Å². The molecule has 0 saturated heterocycles. The van der Waals surface area contributed by atoms with E-state index in [9.17, 15) is 4.79 Å². The van der Waals surface area contributed by atoms with Crippen LogP contribution >= 0.6 is 0 Å². The number of nitrogens with zero attached hydrogens (tertiary/aromatic N) is 5. The number of amides is 1. The van der Waals surface area contributed by atoms with Crippen LogP contribution < -0.4 is 5.32 Å². The molecule has 5 rings (SSSR count). The third-order valence-electron chi connectivity index (χ3n) is 5.13. The number of rotatable bonds is 4. The molecule has 5 aromatic rings. The standard InChI is InChI=1S/C24H20N6O/c1-15(2)21-20(19-10-3-4-14-30(19)29-21)18-11-13-26-24(27-18)28-23(31)17-9-5-7-16-8-6-12-25-22(16)17/h3-15H,1-2H3,(H,26,27,28,31). The molecular weight excluding hydrogens is 388 g/mol. The summed E-state index contributed by atoms with van der Waals surface area (Å²) in [5.74, 6) is 0.149. The quantitative estimate of drug-likeness (QED) is 0.465. The minimum atomic E-state index is -0.301. The molecule has 152 valence electrons. The summed E-state index contributed by atoms with van der Waals surface area (Å²) in [4.78, 5) is 26.2. The topological polar surface area (TPSA) is 85.1 Å². The van der Waals surface area contributed by atoms with Crippen molar-refractivity contribution < 1.29 is 4.79 Å². The Labute approximate surface area is 178 Å². The molecule has 4 aromatic heterocycles. The molecule has 1 N–H and O–H groups in total. The van der Waals surface area contributed by atoms with Crippen molar-refractivity contribution in [1.29, 1.82) is 0 Å². The number of benzene rings is 1. The van der Waals surface area contributed by atoms with Crippen molar-refractivity contribution in [3.05, 3.63) is 84.4 Å². The zero-order valence-corrected chi connectivity index (χ0v) is 17.1. The van der Waals surface area contributed by atoms with Gasteiger partial charge >= 0.3 is 0 Å². The highest BCUT2D eigenvalue weighted by atomic mass is 16.1. The Bertz CT molecular complexity index is 1420. The Morgan fingerprint density at radius 3 is 2.71 bits per heavy atom. The summed E-state index contributed by atoms with van der Waals surface area (Å²) in [5.41, 5.74) is 4.68. The van der Waals surface area contributed by atoms with Crippen LogP contribution in [0, 0.1) is 0 Å². The zero-order chi connectivity index (χ0) is 21.4. The lowest BCUT2D eigenvalue weighted by molar-refractivity contribution is 0.102.